The van der Waals surface area contributed by atoms with E-state index in [1.54, 1.807) is 7.05 Å². The summed E-state index contributed by atoms with van der Waals surface area (Å²) in [7, 11) is -2.88. The van der Waals surface area contributed by atoms with Crippen LogP contribution >= 0.6 is 0 Å². The molecule has 0 spiro atoms. The van der Waals surface area contributed by atoms with E-state index in [-0.39, 0.29) is 17.5 Å². The first kappa shape index (κ1) is 29.8. The molecule has 1 aliphatic rings. The van der Waals surface area contributed by atoms with Gasteiger partial charge in [0.25, 0.3) is 10.0 Å². The maximum Gasteiger partial charge on any atom is 0.493 e. The number of anilines is 2. The van der Waals surface area contributed by atoms with E-state index >= 15 is 0 Å². The first-order valence-corrected chi connectivity index (χ1v) is 13.7. The number of ether oxygens (including phenoxy) is 1. The number of aromatic nitrogens is 5. The molecule has 0 amide bonds. The Hall–Kier alpha value is -4.65. The van der Waals surface area contributed by atoms with Crippen molar-refractivity contribution in [1.29, 1.82) is 0 Å². The molecule has 3 aromatic heterocycles. The van der Waals surface area contributed by atoms with Crippen LogP contribution in [0.3, 0.4) is 0 Å². The number of rotatable bonds is 7. The number of benzene rings is 1. The van der Waals surface area contributed by atoms with Crippen LogP contribution in [0.1, 0.15) is 0 Å². The Kier molecular flexibility index (Phi) is 7.78. The number of aryl methyl sites for hydroxylation is 1. The predicted octanol–water partition coefficient (Wildman–Crippen LogP) is 2.34. The first-order valence-electron chi connectivity index (χ1n) is 12.3. The average Bonchev–Trinajstić information content (AvgIpc) is 3.31. The van der Waals surface area contributed by atoms with Gasteiger partial charge < -0.3 is 24.4 Å². The lowest BCUT2D eigenvalue weighted by Crippen LogP contribution is -2.44. The van der Waals surface area contributed by atoms with Crippen molar-refractivity contribution in [1.82, 2.24) is 29.8 Å². The summed E-state index contributed by atoms with van der Waals surface area (Å²) < 4.78 is 101. The van der Waals surface area contributed by atoms with Gasteiger partial charge in [-0.1, -0.05) is 4.47 Å². The quantitative estimate of drug-likeness (QED) is 0.238. The van der Waals surface area contributed by atoms with Crippen molar-refractivity contribution in [3.63, 3.8) is 0 Å². The average molecular weight is 629 g/mol. The van der Waals surface area contributed by atoms with Crippen molar-refractivity contribution >= 4 is 38.7 Å². The molecule has 1 fully saturated rings. The fraction of sp³-hybridized carbons (Fsp3) is 0.292. The smallest absolute Gasteiger partial charge is 0.479 e. The normalized spacial score (nSPS) is 14.2. The van der Waals surface area contributed by atoms with Crippen LogP contribution in [0.25, 0.3) is 22.6 Å². The van der Waals surface area contributed by atoms with E-state index in [4.69, 9.17) is 4.74 Å². The Labute approximate surface area is 239 Å². The number of fused-ring (bicyclic) bond motifs is 1. The number of imidazole rings is 1. The number of carbonyl (C=O) groups excluding carboxylic acids is 1. The van der Waals surface area contributed by atoms with Crippen LogP contribution in [0.2, 0.25) is 0 Å². The van der Waals surface area contributed by atoms with Gasteiger partial charge in [0.15, 0.2) is 22.7 Å². The van der Waals surface area contributed by atoms with E-state index < -0.39 is 54.7 Å². The van der Waals surface area contributed by atoms with Crippen LogP contribution < -0.4 is 19.4 Å². The molecule has 0 unspecified atom stereocenters. The third-order valence-electron chi connectivity index (χ3n) is 6.32. The van der Waals surface area contributed by atoms with Crippen molar-refractivity contribution in [3.8, 4) is 17.3 Å². The van der Waals surface area contributed by atoms with Gasteiger partial charge in [-0.3, -0.25) is 0 Å². The summed E-state index contributed by atoms with van der Waals surface area (Å²) in [6.45, 7) is 2.66. The number of methoxy groups -OCH3 is 1. The van der Waals surface area contributed by atoms with Crippen LogP contribution in [0.4, 0.5) is 33.5 Å². The zero-order valence-electron chi connectivity index (χ0n) is 22.3. The molecule has 0 atom stereocenters. The Bertz CT molecular complexity index is 1810. The molecule has 13 nitrogen and oxygen atoms in total. The number of nitrogens with one attached hydrogen (secondary N) is 1. The number of pyridine rings is 1. The maximum atomic E-state index is 14.6. The molecule has 19 heteroatoms. The van der Waals surface area contributed by atoms with Gasteiger partial charge in [-0.2, -0.15) is 21.6 Å². The van der Waals surface area contributed by atoms with Gasteiger partial charge >= 0.3 is 12.1 Å². The highest BCUT2D eigenvalue weighted by molar-refractivity contribution is 7.92. The second kappa shape index (κ2) is 11.2. The SMILES string of the molecule is COc1ncc(-c2nc3c(N4CCNCC4)ncnc3n2C)cc1N(OC(=O)C(F)(F)F)S(=O)(=O)c1ccc(F)cc1F. The Morgan fingerprint density at radius 1 is 1.09 bits per heavy atom. The zero-order valence-corrected chi connectivity index (χ0v) is 23.1. The number of sulfonamides is 1. The van der Waals surface area contributed by atoms with Crippen LogP contribution in [-0.4, -0.2) is 78.4 Å². The molecule has 43 heavy (non-hydrogen) atoms. The lowest BCUT2D eigenvalue weighted by molar-refractivity contribution is -0.199. The molecule has 0 radical (unpaired) electrons. The molecular weight excluding hydrogens is 607 g/mol. The highest BCUT2D eigenvalue weighted by atomic mass is 32.2. The van der Waals surface area contributed by atoms with Gasteiger partial charge in [-0.15, -0.1) is 0 Å². The maximum absolute atomic E-state index is 14.6. The Morgan fingerprint density at radius 2 is 1.81 bits per heavy atom. The first-order chi connectivity index (χ1) is 20.3. The highest BCUT2D eigenvalue weighted by Gasteiger charge is 2.46. The third kappa shape index (κ3) is 5.59. The van der Waals surface area contributed by atoms with Crippen molar-refractivity contribution in [3.05, 3.63) is 48.4 Å². The summed E-state index contributed by atoms with van der Waals surface area (Å²) in [6.07, 6.45) is -3.15. The summed E-state index contributed by atoms with van der Waals surface area (Å²) in [5, 5.41) is 3.22. The van der Waals surface area contributed by atoms with Gasteiger partial charge in [0, 0.05) is 51.1 Å². The third-order valence-corrected chi connectivity index (χ3v) is 7.92. The molecule has 1 aliphatic heterocycles. The van der Waals surface area contributed by atoms with Gasteiger partial charge in [0.05, 0.1) is 7.11 Å². The lowest BCUT2D eigenvalue weighted by atomic mass is 10.2. The second-order valence-corrected chi connectivity index (χ2v) is 10.8. The largest absolute Gasteiger partial charge is 0.493 e. The molecule has 1 saturated heterocycles. The number of carbonyl (C=O) groups is 1. The standard InChI is InChI=1S/C24H21F5N8O5S/c1-35-19(34-18-20(35)32-12-33-21(18)36-7-5-30-6-8-36)13-9-16(22(41-2)31-11-13)37(42-23(38)24(27,28)29)43(39,40)17-4-3-14(25)10-15(17)26/h3-4,9-12,30H,5-8H2,1-2H3. The number of hydrogen-bond donors (Lipinski definition) is 1. The minimum atomic E-state index is -5.66. The number of hydrogen-bond acceptors (Lipinski definition) is 11. The molecule has 1 aromatic carbocycles. The van der Waals surface area contributed by atoms with Crippen LogP contribution in [-0.2, 0) is 26.7 Å². The van der Waals surface area contributed by atoms with Crippen molar-refractivity contribution in [2.45, 2.75) is 11.1 Å². The van der Waals surface area contributed by atoms with Crippen molar-refractivity contribution in [2.24, 2.45) is 7.05 Å². The minimum Gasteiger partial charge on any atom is -0.479 e. The molecule has 0 aliphatic carbocycles. The van der Waals surface area contributed by atoms with Gasteiger partial charge in [-0.25, -0.2) is 33.5 Å². The monoisotopic (exact) mass is 628 g/mol. The van der Waals surface area contributed by atoms with Crippen LogP contribution in [0, 0.1) is 11.6 Å². The number of piperazine rings is 1. The summed E-state index contributed by atoms with van der Waals surface area (Å²) in [6, 6.07) is 2.18. The van der Waals surface area contributed by atoms with Crippen molar-refractivity contribution < 1.29 is 44.7 Å². The van der Waals surface area contributed by atoms with E-state index in [1.165, 1.54) is 17.1 Å². The fourth-order valence-electron chi connectivity index (χ4n) is 4.33. The molecule has 0 bridgehead atoms. The highest BCUT2D eigenvalue weighted by Crippen LogP contribution is 2.37. The van der Waals surface area contributed by atoms with E-state index in [9.17, 15) is 35.2 Å². The minimum absolute atomic E-state index is 0.0189. The van der Waals surface area contributed by atoms with Gasteiger partial charge in [0.1, 0.15) is 28.7 Å². The van der Waals surface area contributed by atoms with Gasteiger partial charge in [0.2, 0.25) is 5.88 Å². The summed E-state index contributed by atoms with van der Waals surface area (Å²) in [4.78, 5) is 34.0. The molecular formula is C24H21F5N8O5S. The van der Waals surface area contributed by atoms with Crippen molar-refractivity contribution in [2.75, 3.05) is 42.7 Å². The van der Waals surface area contributed by atoms with Gasteiger partial charge in [-0.05, 0) is 18.2 Å². The topological polar surface area (TPSA) is 145 Å². The van der Waals surface area contributed by atoms with E-state index in [1.807, 2.05) is 4.90 Å². The molecule has 4 heterocycles. The molecule has 228 valence electrons. The number of alkyl halides is 3. The summed E-state index contributed by atoms with van der Waals surface area (Å²) >= 11 is 0. The van der Waals surface area contributed by atoms with E-state index in [0.29, 0.717) is 55.3 Å². The Morgan fingerprint density at radius 3 is 2.47 bits per heavy atom. The summed E-state index contributed by atoms with van der Waals surface area (Å²) in [5.74, 6) is -5.76. The van der Waals surface area contributed by atoms with Crippen LogP contribution in [0.5, 0.6) is 5.88 Å². The number of halogens is 5. The predicted molar refractivity (Wildman–Crippen MR) is 139 cm³/mol. The Balaban J connectivity index is 1.68. The molecule has 0 saturated carbocycles. The molecule has 1 N–H and O–H groups in total. The summed E-state index contributed by atoms with van der Waals surface area (Å²) in [5.41, 5.74) is -0.0786. The molecule has 5 rings (SSSR count). The second-order valence-electron chi connectivity index (χ2n) is 9.04. The zero-order chi connectivity index (χ0) is 31.1. The number of nitrogens with zero attached hydrogens (tertiary/aromatic N) is 7. The van der Waals surface area contributed by atoms with Crippen LogP contribution in [0.15, 0.2) is 41.7 Å². The molecule has 4 aromatic rings. The lowest BCUT2D eigenvalue weighted by Gasteiger charge is -2.28. The van der Waals surface area contributed by atoms with E-state index in [0.717, 1.165) is 13.2 Å². The van der Waals surface area contributed by atoms with E-state index in [2.05, 4.69) is 30.1 Å². The fourth-order valence-corrected chi connectivity index (χ4v) is 5.61.